The van der Waals surface area contributed by atoms with Gasteiger partial charge in [0.15, 0.2) is 0 Å². The minimum atomic E-state index is -3.52. The van der Waals surface area contributed by atoms with Crippen LogP contribution in [0, 0.1) is 13.8 Å². The first-order chi connectivity index (χ1) is 10.00. The van der Waals surface area contributed by atoms with Gasteiger partial charge in [0.25, 0.3) is 10.0 Å². The molecule has 0 amide bonds. The van der Waals surface area contributed by atoms with Gasteiger partial charge < -0.3 is 5.32 Å². The Balaban J connectivity index is 0.00000176. The SMILES string of the molecule is Cc1ccc(S(=O)(=O)N2CCNc3ccccc32)cc1C.Cl. The molecule has 118 valence electrons. The highest BCUT2D eigenvalue weighted by Gasteiger charge is 2.28. The molecular formula is C16H19ClN2O2S. The Morgan fingerprint density at radius 1 is 1.05 bits per heavy atom. The topological polar surface area (TPSA) is 49.4 Å². The molecule has 0 bridgehead atoms. The minimum absolute atomic E-state index is 0. The van der Waals surface area contributed by atoms with Crippen LogP contribution in [0.1, 0.15) is 11.1 Å². The molecule has 0 aliphatic carbocycles. The average molecular weight is 339 g/mol. The standard InChI is InChI=1S/C16H18N2O2S.ClH/c1-12-7-8-14(11-13(12)2)21(19,20)18-10-9-17-15-5-3-4-6-16(15)18;/h3-8,11,17H,9-10H2,1-2H3;1H. The third-order valence-corrected chi connectivity index (χ3v) is 5.68. The Morgan fingerprint density at radius 2 is 1.77 bits per heavy atom. The average Bonchev–Trinajstić information content (AvgIpc) is 2.49. The quantitative estimate of drug-likeness (QED) is 0.913. The Morgan fingerprint density at radius 3 is 2.50 bits per heavy atom. The van der Waals surface area contributed by atoms with E-state index in [0.717, 1.165) is 16.8 Å². The van der Waals surface area contributed by atoms with Gasteiger partial charge in [-0.15, -0.1) is 12.4 Å². The molecule has 0 atom stereocenters. The molecule has 4 nitrogen and oxygen atoms in total. The maximum absolute atomic E-state index is 12.9. The van der Waals surface area contributed by atoms with Crippen molar-refractivity contribution in [3.05, 3.63) is 53.6 Å². The van der Waals surface area contributed by atoms with Gasteiger partial charge in [0, 0.05) is 6.54 Å². The second kappa shape index (κ2) is 6.18. The Kier molecular flexibility index (Phi) is 4.68. The molecule has 2 aromatic carbocycles. The molecule has 0 saturated carbocycles. The van der Waals surface area contributed by atoms with Crippen molar-refractivity contribution < 1.29 is 8.42 Å². The lowest BCUT2D eigenvalue weighted by atomic mass is 10.1. The van der Waals surface area contributed by atoms with Gasteiger partial charge in [-0.1, -0.05) is 18.2 Å². The molecule has 1 aliphatic rings. The maximum Gasteiger partial charge on any atom is 0.264 e. The van der Waals surface area contributed by atoms with E-state index in [1.54, 1.807) is 12.1 Å². The second-order valence-corrected chi connectivity index (χ2v) is 7.13. The van der Waals surface area contributed by atoms with Crippen LogP contribution in [-0.4, -0.2) is 21.5 Å². The second-order valence-electron chi connectivity index (χ2n) is 5.27. The number of hydrogen-bond acceptors (Lipinski definition) is 3. The van der Waals surface area contributed by atoms with E-state index in [4.69, 9.17) is 0 Å². The molecule has 0 fully saturated rings. The predicted octanol–water partition coefficient (Wildman–Crippen LogP) is 3.35. The zero-order chi connectivity index (χ0) is 15.0. The van der Waals surface area contributed by atoms with Crippen molar-refractivity contribution in [2.45, 2.75) is 18.7 Å². The molecule has 2 aromatic rings. The van der Waals surface area contributed by atoms with E-state index in [2.05, 4.69) is 5.32 Å². The lowest BCUT2D eigenvalue weighted by molar-refractivity contribution is 0.590. The maximum atomic E-state index is 12.9. The van der Waals surface area contributed by atoms with Crippen LogP contribution >= 0.6 is 12.4 Å². The highest BCUT2D eigenvalue weighted by atomic mass is 35.5. The van der Waals surface area contributed by atoms with E-state index in [1.165, 1.54) is 4.31 Å². The Hall–Kier alpha value is -1.72. The fourth-order valence-corrected chi connectivity index (χ4v) is 4.07. The molecule has 1 N–H and O–H groups in total. The summed E-state index contributed by atoms with van der Waals surface area (Å²) >= 11 is 0. The van der Waals surface area contributed by atoms with Crippen molar-refractivity contribution in [2.24, 2.45) is 0 Å². The van der Waals surface area contributed by atoms with Gasteiger partial charge in [0.2, 0.25) is 0 Å². The summed E-state index contributed by atoms with van der Waals surface area (Å²) in [5.41, 5.74) is 3.65. The third kappa shape index (κ3) is 2.78. The van der Waals surface area contributed by atoms with E-state index < -0.39 is 10.0 Å². The Labute approximate surface area is 137 Å². The first-order valence-electron chi connectivity index (χ1n) is 6.93. The highest BCUT2D eigenvalue weighted by Crippen LogP contribution is 2.33. The molecule has 1 aliphatic heterocycles. The number of para-hydroxylation sites is 2. The van der Waals surface area contributed by atoms with Crippen molar-refractivity contribution >= 4 is 33.8 Å². The van der Waals surface area contributed by atoms with Gasteiger partial charge in [0.05, 0.1) is 22.8 Å². The van der Waals surface area contributed by atoms with Gasteiger partial charge in [-0.2, -0.15) is 0 Å². The predicted molar refractivity (Wildman–Crippen MR) is 92.6 cm³/mol. The number of rotatable bonds is 2. The van der Waals surface area contributed by atoms with Crippen LogP contribution in [0.15, 0.2) is 47.4 Å². The van der Waals surface area contributed by atoms with Gasteiger partial charge >= 0.3 is 0 Å². The summed E-state index contributed by atoms with van der Waals surface area (Å²) in [6.07, 6.45) is 0. The number of benzene rings is 2. The fourth-order valence-electron chi connectivity index (χ4n) is 2.50. The lowest BCUT2D eigenvalue weighted by Crippen LogP contribution is -2.38. The van der Waals surface area contributed by atoms with E-state index in [0.29, 0.717) is 23.7 Å². The third-order valence-electron chi connectivity index (χ3n) is 3.87. The normalized spacial score (nSPS) is 13.8. The van der Waals surface area contributed by atoms with Crippen LogP contribution in [0.4, 0.5) is 11.4 Å². The van der Waals surface area contributed by atoms with Crippen LogP contribution < -0.4 is 9.62 Å². The number of aryl methyl sites for hydroxylation is 2. The number of sulfonamides is 1. The van der Waals surface area contributed by atoms with Crippen LogP contribution in [0.3, 0.4) is 0 Å². The number of nitrogens with one attached hydrogen (secondary N) is 1. The van der Waals surface area contributed by atoms with Gasteiger partial charge in [-0.25, -0.2) is 8.42 Å². The van der Waals surface area contributed by atoms with Crippen molar-refractivity contribution in [1.82, 2.24) is 0 Å². The number of hydrogen-bond donors (Lipinski definition) is 1. The summed E-state index contributed by atoms with van der Waals surface area (Å²) in [4.78, 5) is 0.349. The zero-order valence-corrected chi connectivity index (χ0v) is 14.2. The molecule has 0 saturated heterocycles. The lowest BCUT2D eigenvalue weighted by Gasteiger charge is -2.31. The molecule has 3 rings (SSSR count). The van der Waals surface area contributed by atoms with E-state index in [-0.39, 0.29) is 12.4 Å². The number of fused-ring (bicyclic) bond motifs is 1. The molecule has 0 spiro atoms. The smallest absolute Gasteiger partial charge is 0.264 e. The summed E-state index contributed by atoms with van der Waals surface area (Å²) in [5.74, 6) is 0. The van der Waals surface area contributed by atoms with Crippen LogP contribution in [0.25, 0.3) is 0 Å². The number of anilines is 2. The molecule has 0 radical (unpaired) electrons. The first-order valence-corrected chi connectivity index (χ1v) is 8.37. The molecule has 0 aromatic heterocycles. The summed E-state index contributed by atoms with van der Waals surface area (Å²) in [5, 5.41) is 3.23. The highest BCUT2D eigenvalue weighted by molar-refractivity contribution is 7.92. The number of halogens is 1. The summed E-state index contributed by atoms with van der Waals surface area (Å²) in [7, 11) is -3.52. The first kappa shape index (κ1) is 16.6. The summed E-state index contributed by atoms with van der Waals surface area (Å²) in [6, 6.07) is 12.8. The fraction of sp³-hybridized carbons (Fsp3) is 0.250. The molecular weight excluding hydrogens is 320 g/mol. The van der Waals surface area contributed by atoms with E-state index >= 15 is 0 Å². The van der Waals surface area contributed by atoms with Gasteiger partial charge in [-0.05, 0) is 49.2 Å². The largest absolute Gasteiger partial charge is 0.382 e. The summed E-state index contributed by atoms with van der Waals surface area (Å²) in [6.45, 7) is 4.96. The monoisotopic (exact) mass is 338 g/mol. The van der Waals surface area contributed by atoms with Crippen molar-refractivity contribution in [2.75, 3.05) is 22.7 Å². The Bertz CT molecular complexity index is 790. The van der Waals surface area contributed by atoms with Gasteiger partial charge in [0.1, 0.15) is 0 Å². The molecule has 22 heavy (non-hydrogen) atoms. The van der Waals surface area contributed by atoms with Crippen molar-refractivity contribution in [1.29, 1.82) is 0 Å². The molecule has 1 heterocycles. The zero-order valence-electron chi connectivity index (χ0n) is 12.5. The van der Waals surface area contributed by atoms with Crippen molar-refractivity contribution in [3.8, 4) is 0 Å². The molecule has 6 heteroatoms. The van der Waals surface area contributed by atoms with Crippen LogP contribution in [0.5, 0.6) is 0 Å². The van der Waals surface area contributed by atoms with Crippen LogP contribution in [0.2, 0.25) is 0 Å². The van der Waals surface area contributed by atoms with E-state index in [9.17, 15) is 8.42 Å². The number of nitrogens with zero attached hydrogens (tertiary/aromatic N) is 1. The van der Waals surface area contributed by atoms with Crippen LogP contribution in [-0.2, 0) is 10.0 Å². The minimum Gasteiger partial charge on any atom is -0.382 e. The molecule has 0 unspecified atom stereocenters. The van der Waals surface area contributed by atoms with Crippen molar-refractivity contribution in [3.63, 3.8) is 0 Å². The summed E-state index contributed by atoms with van der Waals surface area (Å²) < 4.78 is 27.3. The van der Waals surface area contributed by atoms with Gasteiger partial charge in [-0.3, -0.25) is 4.31 Å². The van der Waals surface area contributed by atoms with E-state index in [1.807, 2.05) is 44.2 Å².